The summed E-state index contributed by atoms with van der Waals surface area (Å²) in [5.74, 6) is 0.0121. The average Bonchev–Trinajstić information content (AvgIpc) is 2.39. The standard InChI is InChI=1S/C14H11ClF3NO/c15-11-7-6-10(8-12(11)19)20-13(14(16,17)18)9-4-2-1-3-5-9/h1-8,13H,19H2. The highest BCUT2D eigenvalue weighted by molar-refractivity contribution is 6.33. The van der Waals surface area contributed by atoms with Gasteiger partial charge in [-0.05, 0) is 12.1 Å². The smallest absolute Gasteiger partial charge is 0.429 e. The first-order valence-corrected chi connectivity index (χ1v) is 6.09. The van der Waals surface area contributed by atoms with Gasteiger partial charge in [-0.25, -0.2) is 0 Å². The van der Waals surface area contributed by atoms with Gasteiger partial charge in [0.1, 0.15) is 5.75 Å². The van der Waals surface area contributed by atoms with E-state index in [1.165, 1.54) is 42.5 Å². The Bertz CT molecular complexity index is 587. The van der Waals surface area contributed by atoms with E-state index in [0.717, 1.165) is 0 Å². The largest absolute Gasteiger partial charge is 0.476 e. The maximum atomic E-state index is 13.1. The van der Waals surface area contributed by atoms with Crippen LogP contribution in [0.1, 0.15) is 11.7 Å². The molecule has 0 saturated heterocycles. The van der Waals surface area contributed by atoms with Gasteiger partial charge in [-0.3, -0.25) is 0 Å². The number of benzene rings is 2. The zero-order chi connectivity index (χ0) is 14.8. The average molecular weight is 302 g/mol. The van der Waals surface area contributed by atoms with Crippen LogP contribution in [-0.4, -0.2) is 6.18 Å². The van der Waals surface area contributed by atoms with Crippen molar-refractivity contribution < 1.29 is 17.9 Å². The van der Waals surface area contributed by atoms with Crippen LogP contribution in [0.25, 0.3) is 0 Å². The number of halogens is 4. The maximum Gasteiger partial charge on any atom is 0.429 e. The van der Waals surface area contributed by atoms with Gasteiger partial charge < -0.3 is 10.5 Å². The minimum Gasteiger partial charge on any atom is -0.476 e. The van der Waals surface area contributed by atoms with Crippen LogP contribution in [0.15, 0.2) is 48.5 Å². The molecule has 0 bridgehead atoms. The minimum absolute atomic E-state index is 0.0121. The van der Waals surface area contributed by atoms with Gasteiger partial charge in [0.2, 0.25) is 6.10 Å². The Kier molecular flexibility index (Phi) is 4.09. The third kappa shape index (κ3) is 3.36. The molecule has 0 heterocycles. The van der Waals surface area contributed by atoms with Crippen LogP contribution in [0.2, 0.25) is 5.02 Å². The number of hydrogen-bond donors (Lipinski definition) is 1. The summed E-state index contributed by atoms with van der Waals surface area (Å²) in [6, 6.07) is 11.4. The number of ether oxygens (including phenoxy) is 1. The van der Waals surface area contributed by atoms with E-state index in [4.69, 9.17) is 22.1 Å². The summed E-state index contributed by atoms with van der Waals surface area (Å²) in [6.45, 7) is 0. The van der Waals surface area contributed by atoms with E-state index in [0.29, 0.717) is 0 Å². The van der Waals surface area contributed by atoms with Crippen LogP contribution in [-0.2, 0) is 0 Å². The molecular weight excluding hydrogens is 291 g/mol. The van der Waals surface area contributed by atoms with E-state index in [1.54, 1.807) is 6.07 Å². The van der Waals surface area contributed by atoms with Crippen molar-refractivity contribution in [1.82, 2.24) is 0 Å². The van der Waals surface area contributed by atoms with Crippen LogP contribution in [0, 0.1) is 0 Å². The molecule has 0 aliphatic rings. The molecule has 0 radical (unpaired) electrons. The van der Waals surface area contributed by atoms with Gasteiger partial charge >= 0.3 is 6.18 Å². The third-order valence-corrected chi connectivity index (χ3v) is 2.97. The van der Waals surface area contributed by atoms with E-state index in [9.17, 15) is 13.2 Å². The van der Waals surface area contributed by atoms with E-state index >= 15 is 0 Å². The first kappa shape index (κ1) is 14.5. The topological polar surface area (TPSA) is 35.2 Å². The monoisotopic (exact) mass is 301 g/mol. The van der Waals surface area contributed by atoms with E-state index in [1.807, 2.05) is 0 Å². The molecule has 1 unspecified atom stereocenters. The molecule has 0 aliphatic carbocycles. The van der Waals surface area contributed by atoms with Crippen LogP contribution < -0.4 is 10.5 Å². The summed E-state index contributed by atoms with van der Waals surface area (Å²) >= 11 is 5.72. The zero-order valence-electron chi connectivity index (χ0n) is 10.2. The van der Waals surface area contributed by atoms with Gasteiger partial charge in [0.15, 0.2) is 0 Å². The second-order valence-electron chi connectivity index (χ2n) is 4.13. The normalized spacial score (nSPS) is 13.0. The van der Waals surface area contributed by atoms with Crippen LogP contribution in [0.3, 0.4) is 0 Å². The van der Waals surface area contributed by atoms with E-state index < -0.39 is 12.3 Å². The number of anilines is 1. The van der Waals surface area contributed by atoms with Gasteiger partial charge in [-0.15, -0.1) is 0 Å². The van der Waals surface area contributed by atoms with Crippen molar-refractivity contribution in [3.63, 3.8) is 0 Å². The van der Waals surface area contributed by atoms with Crippen molar-refractivity contribution >= 4 is 17.3 Å². The molecule has 6 heteroatoms. The highest BCUT2D eigenvalue weighted by Crippen LogP contribution is 2.37. The fourth-order valence-electron chi connectivity index (χ4n) is 1.68. The molecule has 0 spiro atoms. The Balaban J connectivity index is 2.31. The lowest BCUT2D eigenvalue weighted by molar-refractivity contribution is -0.198. The predicted molar refractivity (Wildman–Crippen MR) is 71.7 cm³/mol. The zero-order valence-corrected chi connectivity index (χ0v) is 10.9. The first-order chi connectivity index (χ1) is 9.38. The van der Waals surface area contributed by atoms with Gasteiger partial charge in [0.05, 0.1) is 10.7 Å². The quantitative estimate of drug-likeness (QED) is 0.841. The Morgan fingerprint density at radius 3 is 2.25 bits per heavy atom. The Morgan fingerprint density at radius 2 is 1.70 bits per heavy atom. The van der Waals surface area contributed by atoms with Gasteiger partial charge in [-0.2, -0.15) is 13.2 Å². The molecule has 0 aromatic heterocycles. The van der Waals surface area contributed by atoms with Crippen molar-refractivity contribution in [1.29, 1.82) is 0 Å². The van der Waals surface area contributed by atoms with Crippen molar-refractivity contribution in [2.75, 3.05) is 5.73 Å². The highest BCUT2D eigenvalue weighted by atomic mass is 35.5. The molecule has 20 heavy (non-hydrogen) atoms. The number of nitrogen functional groups attached to an aromatic ring is 1. The Labute approximate surface area is 118 Å². The summed E-state index contributed by atoms with van der Waals surface area (Å²) in [5, 5.41) is 0.264. The molecule has 0 aliphatic heterocycles. The lowest BCUT2D eigenvalue weighted by Gasteiger charge is -2.22. The van der Waals surface area contributed by atoms with E-state index in [-0.39, 0.29) is 22.0 Å². The van der Waals surface area contributed by atoms with Crippen molar-refractivity contribution in [3.05, 3.63) is 59.1 Å². The molecule has 106 valence electrons. The molecule has 0 saturated carbocycles. The highest BCUT2D eigenvalue weighted by Gasteiger charge is 2.43. The van der Waals surface area contributed by atoms with Crippen molar-refractivity contribution in [2.45, 2.75) is 12.3 Å². The molecule has 0 amide bonds. The van der Waals surface area contributed by atoms with Crippen LogP contribution >= 0.6 is 11.6 Å². The van der Waals surface area contributed by atoms with Gasteiger partial charge in [0, 0.05) is 11.6 Å². The summed E-state index contributed by atoms with van der Waals surface area (Å²) in [7, 11) is 0. The summed E-state index contributed by atoms with van der Waals surface area (Å²) < 4.78 is 44.3. The van der Waals surface area contributed by atoms with Crippen LogP contribution in [0.4, 0.5) is 18.9 Å². The lowest BCUT2D eigenvalue weighted by atomic mass is 10.1. The number of rotatable bonds is 3. The van der Waals surface area contributed by atoms with Gasteiger partial charge in [-0.1, -0.05) is 41.9 Å². The lowest BCUT2D eigenvalue weighted by Crippen LogP contribution is -2.26. The second kappa shape index (κ2) is 5.63. The number of alkyl halides is 3. The minimum atomic E-state index is -4.53. The predicted octanol–water partition coefficient (Wildman–Crippen LogP) is 4.60. The SMILES string of the molecule is Nc1cc(OC(c2ccccc2)C(F)(F)F)ccc1Cl. The molecule has 2 N–H and O–H groups in total. The maximum absolute atomic E-state index is 13.1. The number of hydrogen-bond acceptors (Lipinski definition) is 2. The molecular formula is C14H11ClF3NO. The van der Waals surface area contributed by atoms with Crippen molar-refractivity contribution in [2.24, 2.45) is 0 Å². The molecule has 2 rings (SSSR count). The summed E-state index contributed by atoms with van der Waals surface area (Å²) in [5.41, 5.74) is 5.74. The fourth-order valence-corrected chi connectivity index (χ4v) is 1.80. The van der Waals surface area contributed by atoms with Gasteiger partial charge in [0.25, 0.3) is 0 Å². The third-order valence-electron chi connectivity index (χ3n) is 2.62. The number of nitrogens with two attached hydrogens (primary N) is 1. The summed E-state index contributed by atoms with van der Waals surface area (Å²) in [6.07, 6.45) is -6.58. The molecule has 2 aromatic carbocycles. The van der Waals surface area contributed by atoms with Crippen LogP contribution in [0.5, 0.6) is 5.75 Å². The first-order valence-electron chi connectivity index (χ1n) is 5.71. The van der Waals surface area contributed by atoms with Crippen molar-refractivity contribution in [3.8, 4) is 5.75 Å². The fraction of sp³-hybridized carbons (Fsp3) is 0.143. The molecule has 0 fully saturated rings. The Morgan fingerprint density at radius 1 is 1.05 bits per heavy atom. The molecule has 1 atom stereocenters. The molecule has 2 nitrogen and oxygen atoms in total. The summed E-state index contributed by atoms with van der Waals surface area (Å²) in [4.78, 5) is 0. The Hall–Kier alpha value is -1.88. The van der Waals surface area contributed by atoms with E-state index in [2.05, 4.69) is 0 Å². The molecule has 2 aromatic rings. The second-order valence-corrected chi connectivity index (χ2v) is 4.54.